The Kier molecular flexibility index (Phi) is 11.6. The molecule has 0 aliphatic heterocycles. The van der Waals surface area contributed by atoms with Gasteiger partial charge in [-0.1, -0.05) is 0 Å². The molecular weight excluding hydrogens is 206 g/mol. The highest BCUT2D eigenvalue weighted by Gasteiger charge is 2.08. The van der Waals surface area contributed by atoms with E-state index in [1.807, 2.05) is 6.26 Å². The molecule has 0 aromatic rings. The van der Waals surface area contributed by atoms with Crippen LogP contribution >= 0.6 is 11.8 Å². The third-order valence-electron chi connectivity index (χ3n) is 1.24. The normalized spacial score (nSPS) is 10.9. The van der Waals surface area contributed by atoms with Crippen molar-refractivity contribution in [2.45, 2.75) is 19.4 Å². The second-order valence-corrected chi connectivity index (χ2v) is 3.41. The molecule has 0 heterocycles. The molecule has 0 aromatic carbocycles. The van der Waals surface area contributed by atoms with Gasteiger partial charge in [-0.15, -0.1) is 0 Å². The number of hydrogen-bond donors (Lipinski definition) is 2. The molecular formula is C8H17NO4S. The van der Waals surface area contributed by atoms with E-state index in [9.17, 15) is 9.59 Å². The first-order valence-corrected chi connectivity index (χ1v) is 5.37. The van der Waals surface area contributed by atoms with Crippen molar-refractivity contribution in [1.29, 1.82) is 0 Å². The van der Waals surface area contributed by atoms with Crippen LogP contribution in [0, 0.1) is 0 Å². The van der Waals surface area contributed by atoms with E-state index in [-0.39, 0.29) is 5.97 Å². The van der Waals surface area contributed by atoms with Gasteiger partial charge in [0.15, 0.2) is 0 Å². The fourth-order valence-electron chi connectivity index (χ4n) is 0.368. The Morgan fingerprint density at radius 1 is 1.57 bits per heavy atom. The van der Waals surface area contributed by atoms with Gasteiger partial charge in [-0.05, 0) is 18.4 Å². The zero-order valence-electron chi connectivity index (χ0n) is 8.65. The van der Waals surface area contributed by atoms with Crippen molar-refractivity contribution in [3.8, 4) is 0 Å². The van der Waals surface area contributed by atoms with Crippen LogP contribution in [0.3, 0.4) is 0 Å². The van der Waals surface area contributed by atoms with Crippen LogP contribution in [-0.2, 0) is 14.3 Å². The van der Waals surface area contributed by atoms with Gasteiger partial charge < -0.3 is 15.6 Å². The molecule has 0 spiro atoms. The molecule has 14 heavy (non-hydrogen) atoms. The number of nitrogens with two attached hydrogens (primary N) is 1. The van der Waals surface area contributed by atoms with E-state index in [1.54, 1.807) is 11.8 Å². The first-order chi connectivity index (χ1) is 6.45. The smallest absolute Gasteiger partial charge is 0.320 e. The van der Waals surface area contributed by atoms with Crippen LogP contribution in [-0.4, -0.2) is 42.2 Å². The number of carbonyl (C=O) groups excluding carboxylic acids is 1. The number of methoxy groups -OCH3 is 1. The molecule has 0 aliphatic carbocycles. The van der Waals surface area contributed by atoms with Crippen molar-refractivity contribution in [3.63, 3.8) is 0 Å². The molecule has 3 N–H and O–H groups in total. The van der Waals surface area contributed by atoms with Gasteiger partial charge in [0.05, 0.1) is 7.11 Å². The summed E-state index contributed by atoms with van der Waals surface area (Å²) in [5.41, 5.74) is 5.19. The maximum Gasteiger partial charge on any atom is 0.320 e. The number of hydrogen-bond acceptors (Lipinski definition) is 5. The summed E-state index contributed by atoms with van der Waals surface area (Å²) in [5, 5.41) is 8.27. The average Bonchev–Trinajstić information content (AvgIpc) is 2.14. The molecule has 84 valence electrons. The van der Waals surface area contributed by atoms with Crippen LogP contribution in [0.1, 0.15) is 13.3 Å². The van der Waals surface area contributed by atoms with Crippen LogP contribution in [0.5, 0.6) is 0 Å². The summed E-state index contributed by atoms with van der Waals surface area (Å²) in [6.45, 7) is 1.36. The number of esters is 1. The highest BCUT2D eigenvalue weighted by atomic mass is 32.2. The highest BCUT2D eigenvalue weighted by molar-refractivity contribution is 7.98. The Morgan fingerprint density at radius 2 is 2.00 bits per heavy atom. The summed E-state index contributed by atoms with van der Waals surface area (Å²) < 4.78 is 4.11. The standard InChI is InChI=1S/C5H11NO2S.C3H6O2/c1-9-3-2-4(6)5(7)8;1-3(4)5-2/h4H,2-3,6H2,1H3,(H,7,8);1-2H3. The Bertz CT molecular complexity index is 175. The van der Waals surface area contributed by atoms with Gasteiger partial charge in [0.25, 0.3) is 0 Å². The molecule has 0 fully saturated rings. The Labute approximate surface area is 88.0 Å². The summed E-state index contributed by atoms with van der Waals surface area (Å²) in [7, 11) is 1.35. The van der Waals surface area contributed by atoms with E-state index in [0.717, 1.165) is 5.75 Å². The Morgan fingerprint density at radius 3 is 2.21 bits per heavy atom. The number of carbonyl (C=O) groups is 2. The van der Waals surface area contributed by atoms with Crippen molar-refractivity contribution >= 4 is 23.7 Å². The summed E-state index contributed by atoms with van der Waals surface area (Å²) in [6, 6.07) is -0.683. The summed E-state index contributed by atoms with van der Waals surface area (Å²) in [4.78, 5) is 19.7. The zero-order valence-corrected chi connectivity index (χ0v) is 9.47. The van der Waals surface area contributed by atoms with Gasteiger partial charge in [-0.25, -0.2) is 0 Å². The van der Waals surface area contributed by atoms with Gasteiger partial charge in [0.2, 0.25) is 0 Å². The number of carboxylic acids is 1. The van der Waals surface area contributed by atoms with Crippen molar-refractivity contribution in [3.05, 3.63) is 0 Å². The fraction of sp³-hybridized carbons (Fsp3) is 0.750. The third kappa shape index (κ3) is 13.8. The lowest BCUT2D eigenvalue weighted by molar-refractivity contribution is -0.139. The van der Waals surface area contributed by atoms with Crippen LogP contribution in [0.4, 0.5) is 0 Å². The minimum absolute atomic E-state index is 0.245. The summed E-state index contributed by atoms with van der Waals surface area (Å²) in [5.74, 6) is -0.345. The molecule has 6 heteroatoms. The number of rotatable bonds is 4. The molecule has 0 saturated carbocycles. The van der Waals surface area contributed by atoms with Crippen LogP contribution in [0.25, 0.3) is 0 Å². The second-order valence-electron chi connectivity index (χ2n) is 2.42. The van der Waals surface area contributed by atoms with E-state index in [1.165, 1.54) is 14.0 Å². The monoisotopic (exact) mass is 223 g/mol. The molecule has 0 rings (SSSR count). The minimum Gasteiger partial charge on any atom is -0.480 e. The molecule has 0 aliphatic rings. The maximum absolute atomic E-state index is 10.1. The van der Waals surface area contributed by atoms with Crippen molar-refractivity contribution in [2.24, 2.45) is 5.73 Å². The molecule has 0 amide bonds. The number of thioether (sulfide) groups is 1. The number of ether oxygens (including phenoxy) is 1. The van der Waals surface area contributed by atoms with Crippen molar-refractivity contribution in [1.82, 2.24) is 0 Å². The minimum atomic E-state index is -0.913. The Balaban J connectivity index is 0. The Hall–Kier alpha value is -0.750. The molecule has 0 saturated heterocycles. The summed E-state index contributed by atoms with van der Waals surface area (Å²) >= 11 is 1.60. The van der Waals surface area contributed by atoms with E-state index in [2.05, 4.69) is 4.74 Å². The lowest BCUT2D eigenvalue weighted by Gasteiger charge is -2.02. The van der Waals surface area contributed by atoms with Crippen LogP contribution in [0.2, 0.25) is 0 Å². The fourth-order valence-corrected chi connectivity index (χ4v) is 0.858. The topological polar surface area (TPSA) is 89.6 Å². The van der Waals surface area contributed by atoms with Gasteiger partial charge >= 0.3 is 11.9 Å². The molecule has 1 unspecified atom stereocenters. The van der Waals surface area contributed by atoms with Crippen LogP contribution < -0.4 is 5.73 Å². The third-order valence-corrected chi connectivity index (χ3v) is 1.88. The van der Waals surface area contributed by atoms with E-state index < -0.39 is 12.0 Å². The molecule has 5 nitrogen and oxygen atoms in total. The lowest BCUT2D eigenvalue weighted by atomic mass is 10.2. The molecule has 1 atom stereocenters. The van der Waals surface area contributed by atoms with Gasteiger partial charge in [0.1, 0.15) is 6.04 Å². The first kappa shape index (κ1) is 15.7. The predicted octanol–water partition coefficient (Wildman–Crippen LogP) is 0.331. The quantitative estimate of drug-likeness (QED) is 0.668. The lowest BCUT2D eigenvalue weighted by Crippen LogP contribution is -2.30. The molecule has 0 aromatic heterocycles. The van der Waals surface area contributed by atoms with Crippen molar-refractivity contribution in [2.75, 3.05) is 19.1 Å². The van der Waals surface area contributed by atoms with Gasteiger partial charge in [-0.3, -0.25) is 9.59 Å². The van der Waals surface area contributed by atoms with Gasteiger partial charge in [-0.2, -0.15) is 11.8 Å². The molecule has 0 bridgehead atoms. The van der Waals surface area contributed by atoms with E-state index >= 15 is 0 Å². The van der Waals surface area contributed by atoms with Gasteiger partial charge in [0, 0.05) is 6.92 Å². The second kappa shape index (κ2) is 10.3. The van der Waals surface area contributed by atoms with E-state index in [0.29, 0.717) is 6.42 Å². The number of carboxylic acid groups (broad SMARTS) is 1. The largest absolute Gasteiger partial charge is 0.480 e. The summed E-state index contributed by atoms with van der Waals surface area (Å²) in [6.07, 6.45) is 2.48. The van der Waals surface area contributed by atoms with E-state index in [4.69, 9.17) is 10.8 Å². The highest BCUT2D eigenvalue weighted by Crippen LogP contribution is 1.97. The molecule has 0 radical (unpaired) electrons. The predicted molar refractivity (Wildman–Crippen MR) is 56.3 cm³/mol. The maximum atomic E-state index is 10.1. The van der Waals surface area contributed by atoms with Crippen LogP contribution in [0.15, 0.2) is 0 Å². The van der Waals surface area contributed by atoms with Crippen molar-refractivity contribution < 1.29 is 19.4 Å². The number of aliphatic carboxylic acids is 1. The zero-order chi connectivity index (χ0) is 11.6. The average molecular weight is 223 g/mol. The SMILES string of the molecule is COC(C)=O.CSCCC(N)C(=O)O. The first-order valence-electron chi connectivity index (χ1n) is 3.97.